The number of amides is 2. The van der Waals surface area contributed by atoms with E-state index in [0.29, 0.717) is 29.9 Å². The maximum absolute atomic E-state index is 12.2. The molecule has 2 aromatic carbocycles. The van der Waals surface area contributed by atoms with Gasteiger partial charge in [0, 0.05) is 30.3 Å². The Morgan fingerprint density at radius 1 is 1.26 bits per heavy atom. The second kappa shape index (κ2) is 7.86. The van der Waals surface area contributed by atoms with Crippen molar-refractivity contribution < 1.29 is 14.5 Å². The molecule has 2 amide bonds. The predicted molar refractivity (Wildman–Crippen MR) is 103 cm³/mol. The Morgan fingerprint density at radius 2 is 2.04 bits per heavy atom. The minimum atomic E-state index is -0.480. The summed E-state index contributed by atoms with van der Waals surface area (Å²) in [7, 11) is 0. The average molecular weight is 368 g/mol. The van der Waals surface area contributed by atoms with Crippen LogP contribution in [0.15, 0.2) is 42.5 Å². The first-order chi connectivity index (χ1) is 13.0. The van der Waals surface area contributed by atoms with Crippen molar-refractivity contribution in [3.8, 4) is 0 Å². The fraction of sp³-hybridized carbons (Fsp3) is 0.263. The lowest BCUT2D eigenvalue weighted by molar-refractivity contribution is -0.385. The predicted octanol–water partition coefficient (Wildman–Crippen LogP) is 3.08. The first-order valence-corrected chi connectivity index (χ1v) is 8.64. The highest BCUT2D eigenvalue weighted by Gasteiger charge is 2.23. The molecule has 0 bridgehead atoms. The monoisotopic (exact) mass is 368 g/mol. The van der Waals surface area contributed by atoms with Gasteiger partial charge in [0.1, 0.15) is 0 Å². The molecule has 2 aromatic rings. The standard InChI is InChI=1S/C19H20N4O4/c1-13-8-9-14(11-17(13)23(26)27)21-18(24)12-20-15-5-2-3-6-16(15)22-10-4-7-19(22)25/h2-3,5-6,8-9,11,20H,4,7,10,12H2,1H3,(H,21,24). The van der Waals surface area contributed by atoms with Gasteiger partial charge in [-0.1, -0.05) is 18.2 Å². The van der Waals surface area contributed by atoms with E-state index in [-0.39, 0.29) is 24.0 Å². The number of anilines is 3. The van der Waals surface area contributed by atoms with Crippen LogP contribution in [0.25, 0.3) is 0 Å². The highest BCUT2D eigenvalue weighted by atomic mass is 16.6. The van der Waals surface area contributed by atoms with Crippen LogP contribution in [0.3, 0.4) is 0 Å². The minimum Gasteiger partial charge on any atom is -0.374 e. The Kier molecular flexibility index (Phi) is 5.35. The maximum Gasteiger partial charge on any atom is 0.274 e. The van der Waals surface area contributed by atoms with Crippen LogP contribution < -0.4 is 15.5 Å². The summed E-state index contributed by atoms with van der Waals surface area (Å²) in [5, 5.41) is 16.7. The summed E-state index contributed by atoms with van der Waals surface area (Å²) in [5.41, 5.74) is 2.29. The van der Waals surface area contributed by atoms with Gasteiger partial charge >= 0.3 is 0 Å². The SMILES string of the molecule is Cc1ccc(NC(=O)CNc2ccccc2N2CCCC2=O)cc1[N+](=O)[O-]. The number of hydrogen-bond donors (Lipinski definition) is 2. The van der Waals surface area contributed by atoms with E-state index < -0.39 is 4.92 Å². The Bertz CT molecular complexity index is 897. The maximum atomic E-state index is 12.2. The van der Waals surface area contributed by atoms with Gasteiger partial charge in [0.15, 0.2) is 0 Å². The molecule has 0 radical (unpaired) electrons. The largest absolute Gasteiger partial charge is 0.374 e. The van der Waals surface area contributed by atoms with Crippen LogP contribution in [0.1, 0.15) is 18.4 Å². The summed E-state index contributed by atoms with van der Waals surface area (Å²) < 4.78 is 0. The van der Waals surface area contributed by atoms with Gasteiger partial charge in [0.05, 0.1) is 22.8 Å². The molecule has 3 rings (SSSR count). The molecule has 2 N–H and O–H groups in total. The number of nitrogens with one attached hydrogen (secondary N) is 2. The van der Waals surface area contributed by atoms with Crippen molar-refractivity contribution in [2.24, 2.45) is 0 Å². The molecular weight excluding hydrogens is 348 g/mol. The fourth-order valence-electron chi connectivity index (χ4n) is 3.03. The van der Waals surface area contributed by atoms with Gasteiger partial charge in [-0.3, -0.25) is 19.7 Å². The van der Waals surface area contributed by atoms with Crippen molar-refractivity contribution in [3.05, 3.63) is 58.1 Å². The molecule has 0 spiro atoms. The van der Waals surface area contributed by atoms with Crippen LogP contribution in [0.5, 0.6) is 0 Å². The van der Waals surface area contributed by atoms with Crippen molar-refractivity contribution in [2.45, 2.75) is 19.8 Å². The molecule has 0 aliphatic carbocycles. The molecule has 1 heterocycles. The zero-order valence-electron chi connectivity index (χ0n) is 14.9. The van der Waals surface area contributed by atoms with E-state index in [4.69, 9.17) is 0 Å². The van der Waals surface area contributed by atoms with E-state index >= 15 is 0 Å². The van der Waals surface area contributed by atoms with Gasteiger partial charge in [-0.15, -0.1) is 0 Å². The van der Waals surface area contributed by atoms with Crippen LogP contribution in [-0.2, 0) is 9.59 Å². The Hall–Kier alpha value is -3.42. The van der Waals surface area contributed by atoms with E-state index in [1.807, 2.05) is 24.3 Å². The molecule has 27 heavy (non-hydrogen) atoms. The zero-order chi connectivity index (χ0) is 19.4. The third-order valence-electron chi connectivity index (χ3n) is 4.40. The fourth-order valence-corrected chi connectivity index (χ4v) is 3.03. The van der Waals surface area contributed by atoms with E-state index in [2.05, 4.69) is 10.6 Å². The number of nitro benzene ring substituents is 1. The second-order valence-corrected chi connectivity index (χ2v) is 6.33. The zero-order valence-corrected chi connectivity index (χ0v) is 14.9. The third-order valence-corrected chi connectivity index (χ3v) is 4.40. The van der Waals surface area contributed by atoms with Crippen LogP contribution in [-0.4, -0.2) is 29.8 Å². The number of carbonyl (C=O) groups is 2. The van der Waals surface area contributed by atoms with Gasteiger partial charge in [-0.25, -0.2) is 0 Å². The summed E-state index contributed by atoms with van der Waals surface area (Å²) in [6.45, 7) is 2.28. The molecule has 8 heteroatoms. The first-order valence-electron chi connectivity index (χ1n) is 8.64. The van der Waals surface area contributed by atoms with Crippen molar-refractivity contribution in [3.63, 3.8) is 0 Å². The number of para-hydroxylation sites is 2. The Labute approximate surface area is 156 Å². The van der Waals surface area contributed by atoms with Gasteiger partial charge in [0.25, 0.3) is 5.69 Å². The smallest absolute Gasteiger partial charge is 0.274 e. The van der Waals surface area contributed by atoms with Gasteiger partial charge in [-0.05, 0) is 31.5 Å². The summed E-state index contributed by atoms with van der Waals surface area (Å²) in [6, 6.07) is 11.9. The molecule has 0 atom stereocenters. The van der Waals surface area contributed by atoms with Crippen molar-refractivity contribution >= 4 is 34.6 Å². The normalized spacial score (nSPS) is 13.5. The van der Waals surface area contributed by atoms with Gasteiger partial charge < -0.3 is 15.5 Å². The van der Waals surface area contributed by atoms with Crippen LogP contribution in [0.4, 0.5) is 22.7 Å². The van der Waals surface area contributed by atoms with Crippen molar-refractivity contribution in [1.82, 2.24) is 0 Å². The Balaban J connectivity index is 1.66. The van der Waals surface area contributed by atoms with Gasteiger partial charge in [0.2, 0.25) is 11.8 Å². The lowest BCUT2D eigenvalue weighted by Gasteiger charge is -2.20. The number of carbonyl (C=O) groups excluding carboxylic acids is 2. The number of hydrogen-bond acceptors (Lipinski definition) is 5. The van der Waals surface area contributed by atoms with E-state index in [1.165, 1.54) is 6.07 Å². The second-order valence-electron chi connectivity index (χ2n) is 6.33. The van der Waals surface area contributed by atoms with Crippen LogP contribution >= 0.6 is 0 Å². The molecule has 0 unspecified atom stereocenters. The Morgan fingerprint density at radius 3 is 2.74 bits per heavy atom. The van der Waals surface area contributed by atoms with E-state index in [0.717, 1.165) is 12.1 Å². The number of aryl methyl sites for hydroxylation is 1. The number of nitro groups is 1. The molecular formula is C19H20N4O4. The lowest BCUT2D eigenvalue weighted by atomic mass is 10.2. The summed E-state index contributed by atoms with van der Waals surface area (Å²) >= 11 is 0. The molecule has 1 aliphatic rings. The molecule has 140 valence electrons. The quantitative estimate of drug-likeness (QED) is 0.602. The number of benzene rings is 2. The van der Waals surface area contributed by atoms with E-state index in [1.54, 1.807) is 24.0 Å². The van der Waals surface area contributed by atoms with Crippen molar-refractivity contribution in [2.75, 3.05) is 28.6 Å². The first kappa shape index (κ1) is 18.4. The summed E-state index contributed by atoms with van der Waals surface area (Å²) in [6.07, 6.45) is 1.35. The molecule has 1 saturated heterocycles. The molecule has 0 saturated carbocycles. The summed E-state index contributed by atoms with van der Waals surface area (Å²) in [5.74, 6) is -0.267. The van der Waals surface area contributed by atoms with Crippen molar-refractivity contribution in [1.29, 1.82) is 0 Å². The van der Waals surface area contributed by atoms with Gasteiger partial charge in [-0.2, -0.15) is 0 Å². The molecule has 8 nitrogen and oxygen atoms in total. The summed E-state index contributed by atoms with van der Waals surface area (Å²) in [4.78, 5) is 36.5. The number of rotatable bonds is 6. The highest BCUT2D eigenvalue weighted by Crippen LogP contribution is 2.29. The average Bonchev–Trinajstić information content (AvgIpc) is 3.07. The number of nitrogens with zero attached hydrogens (tertiary/aromatic N) is 2. The molecule has 1 aliphatic heterocycles. The topological polar surface area (TPSA) is 105 Å². The minimum absolute atomic E-state index is 0.0271. The molecule has 1 fully saturated rings. The highest BCUT2D eigenvalue weighted by molar-refractivity contribution is 5.99. The van der Waals surface area contributed by atoms with Crippen LogP contribution in [0, 0.1) is 17.0 Å². The van der Waals surface area contributed by atoms with E-state index in [9.17, 15) is 19.7 Å². The van der Waals surface area contributed by atoms with Crippen LogP contribution in [0.2, 0.25) is 0 Å². The third kappa shape index (κ3) is 4.22. The molecule has 0 aromatic heterocycles. The lowest BCUT2D eigenvalue weighted by Crippen LogP contribution is -2.26.